The van der Waals surface area contributed by atoms with Crippen LogP contribution in [0, 0.1) is 0 Å². The summed E-state index contributed by atoms with van der Waals surface area (Å²) in [6.45, 7) is 2.60. The molecule has 21 heavy (non-hydrogen) atoms. The summed E-state index contributed by atoms with van der Waals surface area (Å²) in [4.78, 5) is 17.0. The van der Waals surface area contributed by atoms with E-state index >= 15 is 0 Å². The van der Waals surface area contributed by atoms with Crippen molar-refractivity contribution in [3.63, 3.8) is 0 Å². The molecule has 0 saturated carbocycles. The first-order valence-electron chi connectivity index (χ1n) is 7.14. The van der Waals surface area contributed by atoms with Crippen molar-refractivity contribution in [1.82, 2.24) is 4.98 Å². The second kappa shape index (κ2) is 5.85. The molecule has 1 aliphatic rings. The van der Waals surface area contributed by atoms with Gasteiger partial charge in [-0.25, -0.2) is 4.98 Å². The number of carboxylic acids is 1. The van der Waals surface area contributed by atoms with Crippen LogP contribution in [0.25, 0.3) is 10.6 Å². The lowest BCUT2D eigenvalue weighted by Crippen LogP contribution is -2.17. The monoisotopic (exact) mass is 303 g/mol. The number of ether oxygens (including phenoxy) is 1. The molecule has 0 amide bonds. The third-order valence-corrected chi connectivity index (χ3v) is 4.84. The molecule has 1 atom stereocenters. The number of thiazole rings is 1. The fourth-order valence-corrected chi connectivity index (χ4v) is 3.81. The summed E-state index contributed by atoms with van der Waals surface area (Å²) >= 11 is 1.61. The first-order chi connectivity index (χ1) is 10.2. The van der Waals surface area contributed by atoms with Crippen LogP contribution in [0.3, 0.4) is 0 Å². The van der Waals surface area contributed by atoms with Crippen LogP contribution in [0.1, 0.15) is 36.3 Å². The Hall–Kier alpha value is -1.88. The lowest BCUT2D eigenvalue weighted by Gasteiger charge is -2.16. The first-order valence-corrected chi connectivity index (χ1v) is 7.96. The van der Waals surface area contributed by atoms with Crippen molar-refractivity contribution in [1.29, 1.82) is 0 Å². The Morgan fingerprint density at radius 3 is 2.86 bits per heavy atom. The van der Waals surface area contributed by atoms with E-state index in [1.165, 1.54) is 0 Å². The minimum absolute atomic E-state index is 0.443. The summed E-state index contributed by atoms with van der Waals surface area (Å²) in [6, 6.07) is 7.80. The van der Waals surface area contributed by atoms with Crippen molar-refractivity contribution in [3.05, 3.63) is 34.8 Å². The Balaban J connectivity index is 1.91. The normalized spacial score (nSPS) is 17.3. The molecule has 110 valence electrons. The predicted molar refractivity (Wildman–Crippen MR) is 82.0 cm³/mol. The maximum atomic E-state index is 11.3. The van der Waals surface area contributed by atoms with Gasteiger partial charge in [0.2, 0.25) is 0 Å². The summed E-state index contributed by atoms with van der Waals surface area (Å²) < 4.78 is 5.43. The summed E-state index contributed by atoms with van der Waals surface area (Å²) in [5, 5.41) is 10.2. The van der Waals surface area contributed by atoms with Crippen LogP contribution in [0.2, 0.25) is 0 Å². The number of hydrogen-bond donors (Lipinski definition) is 1. The minimum atomic E-state index is -0.764. The van der Waals surface area contributed by atoms with Crippen LogP contribution in [0.5, 0.6) is 5.75 Å². The van der Waals surface area contributed by atoms with Gasteiger partial charge >= 0.3 is 5.97 Å². The van der Waals surface area contributed by atoms with Gasteiger partial charge in [-0.15, -0.1) is 11.3 Å². The highest BCUT2D eigenvalue weighted by atomic mass is 32.1. The molecule has 0 bridgehead atoms. The van der Waals surface area contributed by atoms with Crippen LogP contribution < -0.4 is 4.74 Å². The van der Waals surface area contributed by atoms with Gasteiger partial charge in [0.25, 0.3) is 0 Å². The molecule has 2 aromatic rings. The number of aromatic nitrogens is 1. The highest BCUT2D eigenvalue weighted by molar-refractivity contribution is 7.15. The molecule has 3 rings (SSSR count). The SMILES string of the molecule is CCOc1ccc(-c2nc3c(s2)CCCC3C(=O)O)cc1. The number of benzene rings is 1. The summed E-state index contributed by atoms with van der Waals surface area (Å²) in [6.07, 6.45) is 2.55. The smallest absolute Gasteiger partial charge is 0.312 e. The maximum absolute atomic E-state index is 11.3. The average Bonchev–Trinajstić information content (AvgIpc) is 2.92. The number of nitrogens with zero attached hydrogens (tertiary/aromatic N) is 1. The van der Waals surface area contributed by atoms with Crippen LogP contribution in [-0.2, 0) is 11.2 Å². The lowest BCUT2D eigenvalue weighted by atomic mass is 9.91. The number of carboxylic acid groups (broad SMARTS) is 1. The van der Waals surface area contributed by atoms with Gasteiger partial charge in [-0.3, -0.25) is 4.79 Å². The Kier molecular flexibility index (Phi) is 3.92. The molecule has 1 unspecified atom stereocenters. The third kappa shape index (κ3) is 2.78. The number of rotatable bonds is 4. The Labute approximate surface area is 127 Å². The molecule has 0 radical (unpaired) electrons. The number of fused-ring (bicyclic) bond motifs is 1. The molecule has 1 aliphatic carbocycles. The molecular weight excluding hydrogens is 286 g/mol. The fourth-order valence-electron chi connectivity index (χ4n) is 2.64. The fraction of sp³-hybridized carbons (Fsp3) is 0.375. The molecule has 0 spiro atoms. The molecule has 1 heterocycles. The molecule has 5 heteroatoms. The van der Waals surface area contributed by atoms with E-state index in [4.69, 9.17) is 4.74 Å². The first kappa shape index (κ1) is 14.1. The van der Waals surface area contributed by atoms with Gasteiger partial charge in [0.15, 0.2) is 0 Å². The average molecular weight is 303 g/mol. The van der Waals surface area contributed by atoms with Crippen molar-refractivity contribution in [2.45, 2.75) is 32.1 Å². The Bertz CT molecular complexity index is 648. The van der Waals surface area contributed by atoms with Gasteiger partial charge in [-0.1, -0.05) is 0 Å². The van der Waals surface area contributed by atoms with Crippen LogP contribution in [0.4, 0.5) is 0 Å². The third-order valence-electron chi connectivity index (χ3n) is 3.66. The lowest BCUT2D eigenvalue weighted by molar-refractivity contribution is -0.139. The van der Waals surface area contributed by atoms with Crippen LogP contribution in [-0.4, -0.2) is 22.7 Å². The predicted octanol–water partition coefficient (Wildman–Crippen LogP) is 3.71. The van der Waals surface area contributed by atoms with Gasteiger partial charge in [0.05, 0.1) is 18.2 Å². The number of carbonyl (C=O) groups is 1. The van der Waals surface area contributed by atoms with Gasteiger partial charge in [-0.2, -0.15) is 0 Å². The van der Waals surface area contributed by atoms with Crippen LogP contribution >= 0.6 is 11.3 Å². The summed E-state index contributed by atoms with van der Waals surface area (Å²) in [7, 11) is 0. The zero-order valence-corrected chi connectivity index (χ0v) is 12.7. The van der Waals surface area contributed by atoms with Crippen molar-refractivity contribution in [2.24, 2.45) is 0 Å². The Morgan fingerprint density at radius 2 is 2.19 bits per heavy atom. The number of aryl methyl sites for hydroxylation is 1. The summed E-state index contributed by atoms with van der Waals surface area (Å²) in [5.41, 5.74) is 1.78. The second-order valence-corrected chi connectivity index (χ2v) is 6.15. The van der Waals surface area contributed by atoms with E-state index in [2.05, 4.69) is 4.98 Å². The minimum Gasteiger partial charge on any atom is -0.494 e. The zero-order chi connectivity index (χ0) is 14.8. The number of aliphatic carboxylic acids is 1. The van der Waals surface area contributed by atoms with E-state index in [0.29, 0.717) is 13.0 Å². The van der Waals surface area contributed by atoms with Crippen molar-refractivity contribution >= 4 is 17.3 Å². The molecule has 1 aromatic heterocycles. The van der Waals surface area contributed by atoms with Gasteiger partial charge < -0.3 is 9.84 Å². The highest BCUT2D eigenvalue weighted by Crippen LogP contribution is 2.38. The van der Waals surface area contributed by atoms with Crippen LogP contribution in [0.15, 0.2) is 24.3 Å². The largest absolute Gasteiger partial charge is 0.494 e. The highest BCUT2D eigenvalue weighted by Gasteiger charge is 2.30. The standard InChI is InChI=1S/C16H17NO3S/c1-2-20-11-8-6-10(7-9-11)15-17-14-12(16(18)19)4-3-5-13(14)21-15/h6-9,12H,2-5H2,1H3,(H,18,19). The zero-order valence-electron chi connectivity index (χ0n) is 11.8. The van der Waals surface area contributed by atoms with E-state index in [-0.39, 0.29) is 0 Å². The quantitative estimate of drug-likeness (QED) is 0.935. The molecular formula is C16H17NO3S. The van der Waals surface area contributed by atoms with E-state index in [9.17, 15) is 9.90 Å². The second-order valence-electron chi connectivity index (χ2n) is 5.07. The van der Waals surface area contributed by atoms with E-state index in [1.807, 2.05) is 31.2 Å². The maximum Gasteiger partial charge on any atom is 0.312 e. The topological polar surface area (TPSA) is 59.4 Å². The molecule has 4 nitrogen and oxygen atoms in total. The van der Waals surface area contributed by atoms with E-state index < -0.39 is 11.9 Å². The van der Waals surface area contributed by atoms with Gasteiger partial charge in [0.1, 0.15) is 10.8 Å². The van der Waals surface area contributed by atoms with Crippen molar-refractivity contribution in [2.75, 3.05) is 6.61 Å². The molecule has 1 aromatic carbocycles. The molecule has 1 N–H and O–H groups in total. The number of hydrogen-bond acceptors (Lipinski definition) is 4. The van der Waals surface area contributed by atoms with Gasteiger partial charge in [0, 0.05) is 10.4 Å². The van der Waals surface area contributed by atoms with Gasteiger partial charge in [-0.05, 0) is 50.5 Å². The van der Waals surface area contributed by atoms with Crippen molar-refractivity contribution < 1.29 is 14.6 Å². The molecule has 0 fully saturated rings. The van der Waals surface area contributed by atoms with E-state index in [0.717, 1.165) is 39.7 Å². The summed E-state index contributed by atoms with van der Waals surface area (Å²) in [5.74, 6) is -0.369. The van der Waals surface area contributed by atoms with Crippen molar-refractivity contribution in [3.8, 4) is 16.3 Å². The molecule has 0 aliphatic heterocycles. The Morgan fingerprint density at radius 1 is 1.43 bits per heavy atom. The van der Waals surface area contributed by atoms with E-state index in [1.54, 1.807) is 11.3 Å². The molecule has 0 saturated heterocycles.